The van der Waals surface area contributed by atoms with E-state index in [1.165, 1.54) is 11.1 Å². The normalized spacial score (nSPS) is 22.7. The van der Waals surface area contributed by atoms with Crippen molar-refractivity contribution in [2.24, 2.45) is 4.99 Å². The summed E-state index contributed by atoms with van der Waals surface area (Å²) < 4.78 is 0. The Morgan fingerprint density at radius 2 is 1.92 bits per heavy atom. The number of nitrogens with zero attached hydrogens (tertiary/aromatic N) is 4. The highest BCUT2D eigenvalue weighted by molar-refractivity contribution is 14.0. The number of fused-ring (bicyclic) bond motifs is 1. The molecule has 6 heteroatoms. The lowest BCUT2D eigenvalue weighted by molar-refractivity contribution is 0.116. The number of halogens is 1. The highest BCUT2D eigenvalue weighted by Crippen LogP contribution is 2.18. The van der Waals surface area contributed by atoms with Crippen LogP contribution in [-0.2, 0) is 13.0 Å². The monoisotopic (exact) mass is 443 g/mol. The van der Waals surface area contributed by atoms with Crippen LogP contribution >= 0.6 is 24.0 Å². The zero-order valence-corrected chi connectivity index (χ0v) is 17.4. The van der Waals surface area contributed by atoms with E-state index in [9.17, 15) is 0 Å². The number of piperazine rings is 1. The number of hydrogen-bond acceptors (Lipinski definition) is 3. The molecule has 0 saturated carbocycles. The van der Waals surface area contributed by atoms with E-state index in [4.69, 9.17) is 0 Å². The molecule has 3 rings (SSSR count). The van der Waals surface area contributed by atoms with E-state index in [0.717, 1.165) is 51.6 Å². The maximum atomic E-state index is 4.51. The zero-order valence-electron chi connectivity index (χ0n) is 15.0. The summed E-state index contributed by atoms with van der Waals surface area (Å²) in [6.45, 7) is 6.35. The van der Waals surface area contributed by atoms with Gasteiger partial charge in [-0.05, 0) is 31.6 Å². The summed E-state index contributed by atoms with van der Waals surface area (Å²) in [4.78, 5) is 11.7. The highest BCUT2D eigenvalue weighted by Gasteiger charge is 2.24. The third-order valence-electron chi connectivity index (χ3n) is 5.12. The highest BCUT2D eigenvalue weighted by atomic mass is 127. The molecule has 1 saturated heterocycles. The van der Waals surface area contributed by atoms with Crippen molar-refractivity contribution in [3.05, 3.63) is 35.4 Å². The number of nitrogens with one attached hydrogen (secondary N) is 1. The largest absolute Gasteiger partial charge is 0.355 e. The number of likely N-dealkylation sites (N-methyl/N-ethyl adjacent to an activating group) is 2. The van der Waals surface area contributed by atoms with Crippen molar-refractivity contribution in [1.82, 2.24) is 20.0 Å². The molecule has 0 spiro atoms. The summed E-state index contributed by atoms with van der Waals surface area (Å²) >= 11 is 0. The fourth-order valence-corrected chi connectivity index (χ4v) is 3.54. The van der Waals surface area contributed by atoms with Crippen molar-refractivity contribution in [2.75, 3.05) is 53.9 Å². The Kier molecular flexibility index (Phi) is 7.31. The van der Waals surface area contributed by atoms with E-state index in [2.05, 4.69) is 63.4 Å². The van der Waals surface area contributed by atoms with Crippen LogP contribution in [0.15, 0.2) is 29.3 Å². The van der Waals surface area contributed by atoms with Crippen molar-refractivity contribution in [3.63, 3.8) is 0 Å². The van der Waals surface area contributed by atoms with Gasteiger partial charge in [-0.15, -0.1) is 24.0 Å². The molecule has 1 aromatic rings. The Hall–Kier alpha value is -0.860. The molecule has 1 atom stereocenters. The Bertz CT molecular complexity index is 562. The van der Waals surface area contributed by atoms with Gasteiger partial charge in [-0.25, -0.2) is 0 Å². The molecule has 2 aliphatic heterocycles. The molecule has 0 aliphatic carbocycles. The second-order valence-electron chi connectivity index (χ2n) is 6.77. The van der Waals surface area contributed by atoms with Crippen LogP contribution in [0.2, 0.25) is 0 Å². The van der Waals surface area contributed by atoms with Crippen LogP contribution in [0.3, 0.4) is 0 Å². The van der Waals surface area contributed by atoms with E-state index < -0.39 is 0 Å². The Morgan fingerprint density at radius 1 is 1.17 bits per heavy atom. The quantitative estimate of drug-likeness (QED) is 0.427. The van der Waals surface area contributed by atoms with Gasteiger partial charge in [0.25, 0.3) is 0 Å². The van der Waals surface area contributed by atoms with Gasteiger partial charge in [0.2, 0.25) is 0 Å². The third-order valence-corrected chi connectivity index (χ3v) is 5.12. The molecule has 1 N–H and O–H groups in total. The van der Waals surface area contributed by atoms with E-state index in [-0.39, 0.29) is 24.0 Å². The van der Waals surface area contributed by atoms with Gasteiger partial charge in [-0.3, -0.25) is 9.89 Å². The summed E-state index contributed by atoms with van der Waals surface area (Å²) in [6, 6.07) is 9.29. The lowest BCUT2D eigenvalue weighted by Crippen LogP contribution is -2.56. The first-order valence-electron chi connectivity index (χ1n) is 8.58. The molecule has 0 amide bonds. The van der Waals surface area contributed by atoms with Crippen molar-refractivity contribution < 1.29 is 0 Å². The lowest BCUT2D eigenvalue weighted by Gasteiger charge is -2.39. The molecule has 0 aromatic heterocycles. The van der Waals surface area contributed by atoms with E-state index in [1.54, 1.807) is 0 Å². The van der Waals surface area contributed by atoms with Crippen LogP contribution in [-0.4, -0.2) is 80.6 Å². The lowest BCUT2D eigenvalue weighted by atomic mass is 10.0. The first-order chi connectivity index (χ1) is 11.2. The topological polar surface area (TPSA) is 34.1 Å². The maximum Gasteiger partial charge on any atom is 0.194 e. The summed E-state index contributed by atoms with van der Waals surface area (Å²) in [7, 11) is 6.31. The van der Waals surface area contributed by atoms with Gasteiger partial charge in [-0.2, -0.15) is 0 Å². The number of hydrogen-bond donors (Lipinski definition) is 1. The van der Waals surface area contributed by atoms with Crippen molar-refractivity contribution in [3.8, 4) is 0 Å². The predicted molar refractivity (Wildman–Crippen MR) is 111 cm³/mol. The smallest absolute Gasteiger partial charge is 0.194 e. The van der Waals surface area contributed by atoms with Crippen LogP contribution < -0.4 is 5.32 Å². The number of aliphatic imine (C=N–C) groups is 1. The van der Waals surface area contributed by atoms with Crippen molar-refractivity contribution in [1.29, 1.82) is 0 Å². The summed E-state index contributed by atoms with van der Waals surface area (Å²) in [5.74, 6) is 1.03. The molecule has 0 bridgehead atoms. The van der Waals surface area contributed by atoms with E-state index in [0.29, 0.717) is 6.04 Å². The molecule has 1 aromatic carbocycles. The van der Waals surface area contributed by atoms with E-state index in [1.807, 2.05) is 7.05 Å². The summed E-state index contributed by atoms with van der Waals surface area (Å²) in [5.41, 5.74) is 2.91. The molecule has 1 fully saturated rings. The van der Waals surface area contributed by atoms with Gasteiger partial charge < -0.3 is 15.1 Å². The van der Waals surface area contributed by atoms with Crippen molar-refractivity contribution in [2.45, 2.75) is 19.0 Å². The van der Waals surface area contributed by atoms with Crippen LogP contribution in [0, 0.1) is 0 Å². The molecule has 5 nitrogen and oxygen atoms in total. The molecular weight excluding hydrogens is 413 g/mol. The number of benzene rings is 1. The van der Waals surface area contributed by atoms with Gasteiger partial charge in [-0.1, -0.05) is 24.3 Å². The van der Waals surface area contributed by atoms with Gasteiger partial charge in [0.15, 0.2) is 5.96 Å². The average molecular weight is 443 g/mol. The minimum atomic E-state index is 0. The van der Waals surface area contributed by atoms with Crippen LogP contribution in [0.5, 0.6) is 0 Å². The van der Waals surface area contributed by atoms with Gasteiger partial charge >= 0.3 is 0 Å². The second-order valence-corrected chi connectivity index (χ2v) is 6.77. The average Bonchev–Trinajstić information content (AvgIpc) is 2.58. The van der Waals surface area contributed by atoms with Crippen LogP contribution in [0.25, 0.3) is 0 Å². The second kappa shape index (κ2) is 9.01. The van der Waals surface area contributed by atoms with E-state index >= 15 is 0 Å². The molecule has 0 radical (unpaired) electrons. The first kappa shape index (κ1) is 19.5. The Balaban J connectivity index is 0.00000208. The van der Waals surface area contributed by atoms with Crippen LogP contribution in [0.4, 0.5) is 0 Å². The standard InChI is InChI=1S/C18H29N5.HI/c1-19-18(20-12-17-14-21(2)10-11-22(17)3)23-9-8-15-6-4-5-7-16(15)13-23;/h4-7,17H,8-14H2,1-3H3,(H,19,20);1H. The predicted octanol–water partition coefficient (Wildman–Crippen LogP) is 1.48. The molecule has 134 valence electrons. The SMILES string of the molecule is CN=C(NCC1CN(C)CCN1C)N1CCc2ccccc2C1.I. The first-order valence-corrected chi connectivity index (χ1v) is 8.58. The summed E-state index contributed by atoms with van der Waals surface area (Å²) in [6.07, 6.45) is 1.10. The maximum absolute atomic E-state index is 4.51. The summed E-state index contributed by atoms with van der Waals surface area (Å²) in [5, 5.41) is 3.60. The fraction of sp³-hybridized carbons (Fsp3) is 0.611. The molecule has 2 aliphatic rings. The molecule has 1 unspecified atom stereocenters. The number of guanidine groups is 1. The zero-order chi connectivity index (χ0) is 16.2. The molecule has 2 heterocycles. The Morgan fingerprint density at radius 3 is 2.67 bits per heavy atom. The van der Waals surface area contributed by atoms with Gasteiger partial charge in [0.1, 0.15) is 0 Å². The number of rotatable bonds is 2. The minimum Gasteiger partial charge on any atom is -0.355 e. The van der Waals surface area contributed by atoms with Crippen LogP contribution in [0.1, 0.15) is 11.1 Å². The van der Waals surface area contributed by atoms with Gasteiger partial charge in [0, 0.05) is 52.4 Å². The minimum absolute atomic E-state index is 0. The fourth-order valence-electron chi connectivity index (χ4n) is 3.54. The molecular formula is C18H30IN5. The van der Waals surface area contributed by atoms with Gasteiger partial charge in [0.05, 0.1) is 0 Å². The molecule has 24 heavy (non-hydrogen) atoms. The van der Waals surface area contributed by atoms with Crippen molar-refractivity contribution >= 4 is 29.9 Å². The Labute approximate surface area is 163 Å². The third kappa shape index (κ3) is 4.61.